The molecule has 0 saturated carbocycles. The van der Waals surface area contributed by atoms with Crippen LogP contribution in [0.25, 0.3) is 11.0 Å². The summed E-state index contributed by atoms with van der Waals surface area (Å²) < 4.78 is 0. The van der Waals surface area contributed by atoms with Crippen LogP contribution >= 0.6 is 0 Å². The van der Waals surface area contributed by atoms with Crippen molar-refractivity contribution < 1.29 is 5.11 Å². The Hall–Kier alpha value is -1.68. The zero-order valence-electron chi connectivity index (χ0n) is 11.0. The van der Waals surface area contributed by atoms with Crippen LogP contribution in [-0.4, -0.2) is 27.2 Å². The van der Waals surface area contributed by atoms with Crippen LogP contribution in [0.1, 0.15) is 20.8 Å². The smallest absolute Gasteiger partial charge is 0.145 e. The summed E-state index contributed by atoms with van der Waals surface area (Å²) in [7, 11) is 0. The monoisotopic (exact) mass is 245 g/mol. The van der Waals surface area contributed by atoms with Gasteiger partial charge in [0.25, 0.3) is 0 Å². The molecule has 1 atom stereocenters. The lowest BCUT2D eigenvalue weighted by molar-refractivity contribution is 0.0265. The number of nitrogens with zero attached hydrogens (tertiary/aromatic N) is 2. The number of rotatable bonds is 4. The van der Waals surface area contributed by atoms with Crippen molar-refractivity contribution in [2.45, 2.75) is 26.4 Å². The average molecular weight is 245 g/mol. The molecule has 0 spiro atoms. The van der Waals surface area contributed by atoms with Gasteiger partial charge in [-0.1, -0.05) is 26.0 Å². The van der Waals surface area contributed by atoms with E-state index in [1.807, 2.05) is 45.0 Å². The molecule has 1 aromatic heterocycles. The number of aromatic nitrogens is 2. The number of hydrogen-bond acceptors (Lipinski definition) is 4. The van der Waals surface area contributed by atoms with Crippen molar-refractivity contribution in [3.8, 4) is 0 Å². The molecule has 0 saturated heterocycles. The Morgan fingerprint density at radius 3 is 2.61 bits per heavy atom. The first-order valence-corrected chi connectivity index (χ1v) is 6.17. The molecule has 0 fully saturated rings. The predicted molar refractivity (Wildman–Crippen MR) is 73.5 cm³/mol. The van der Waals surface area contributed by atoms with Crippen molar-refractivity contribution in [1.82, 2.24) is 9.97 Å². The number of benzene rings is 1. The number of anilines is 1. The number of aliphatic hydroxyl groups is 1. The molecule has 1 aromatic carbocycles. The fraction of sp³-hybridized carbons (Fsp3) is 0.429. The normalized spacial score (nSPS) is 14.7. The summed E-state index contributed by atoms with van der Waals surface area (Å²) in [5, 5.41) is 13.3. The average Bonchev–Trinajstić information content (AvgIpc) is 2.36. The Morgan fingerprint density at radius 1 is 1.28 bits per heavy atom. The van der Waals surface area contributed by atoms with E-state index in [1.54, 1.807) is 6.20 Å². The Kier molecular flexibility index (Phi) is 3.48. The van der Waals surface area contributed by atoms with Gasteiger partial charge in [0.1, 0.15) is 5.82 Å². The molecular formula is C14H19N3O. The Morgan fingerprint density at radius 2 is 1.94 bits per heavy atom. The first-order valence-electron chi connectivity index (χ1n) is 6.17. The maximum atomic E-state index is 10.2. The maximum absolute atomic E-state index is 10.2. The molecule has 0 bridgehead atoms. The molecule has 2 aromatic rings. The van der Waals surface area contributed by atoms with Crippen molar-refractivity contribution in [3.63, 3.8) is 0 Å². The predicted octanol–water partition coefficient (Wildman–Crippen LogP) is 2.45. The van der Waals surface area contributed by atoms with E-state index in [1.165, 1.54) is 0 Å². The quantitative estimate of drug-likeness (QED) is 0.868. The van der Waals surface area contributed by atoms with Gasteiger partial charge in [0.05, 0.1) is 22.8 Å². The highest BCUT2D eigenvalue weighted by molar-refractivity contribution is 5.75. The Balaban J connectivity index is 2.13. The van der Waals surface area contributed by atoms with Gasteiger partial charge in [-0.15, -0.1) is 0 Å². The molecule has 4 heteroatoms. The summed E-state index contributed by atoms with van der Waals surface area (Å²) in [6, 6.07) is 7.73. The van der Waals surface area contributed by atoms with Gasteiger partial charge in [-0.25, -0.2) is 4.98 Å². The van der Waals surface area contributed by atoms with Crippen LogP contribution < -0.4 is 5.32 Å². The van der Waals surface area contributed by atoms with Crippen LogP contribution in [0.4, 0.5) is 5.82 Å². The molecule has 2 rings (SSSR count). The van der Waals surface area contributed by atoms with E-state index in [-0.39, 0.29) is 5.92 Å². The van der Waals surface area contributed by atoms with Gasteiger partial charge in [0, 0.05) is 6.54 Å². The lowest BCUT2D eigenvalue weighted by atomic mass is 9.93. The molecule has 0 radical (unpaired) electrons. The van der Waals surface area contributed by atoms with Gasteiger partial charge in [-0.2, -0.15) is 0 Å². The third-order valence-corrected chi connectivity index (χ3v) is 3.32. The molecule has 0 aliphatic carbocycles. The second-order valence-electron chi connectivity index (χ2n) is 5.11. The molecule has 1 heterocycles. The Bertz CT molecular complexity index is 537. The minimum atomic E-state index is -0.757. The second-order valence-corrected chi connectivity index (χ2v) is 5.11. The van der Waals surface area contributed by atoms with Gasteiger partial charge < -0.3 is 10.4 Å². The minimum absolute atomic E-state index is 0.179. The summed E-state index contributed by atoms with van der Waals surface area (Å²) in [5.74, 6) is 0.869. The summed E-state index contributed by atoms with van der Waals surface area (Å²) >= 11 is 0. The van der Waals surface area contributed by atoms with E-state index in [4.69, 9.17) is 0 Å². The highest BCUT2D eigenvalue weighted by atomic mass is 16.3. The zero-order valence-corrected chi connectivity index (χ0v) is 11.0. The van der Waals surface area contributed by atoms with Gasteiger partial charge in [-0.05, 0) is 25.0 Å². The second kappa shape index (κ2) is 4.90. The zero-order chi connectivity index (χ0) is 13.2. The van der Waals surface area contributed by atoms with E-state index < -0.39 is 5.60 Å². The molecule has 0 aliphatic rings. The van der Waals surface area contributed by atoms with Crippen LogP contribution in [0.15, 0.2) is 30.5 Å². The third kappa shape index (κ3) is 2.76. The van der Waals surface area contributed by atoms with E-state index in [0.29, 0.717) is 12.4 Å². The van der Waals surface area contributed by atoms with Gasteiger partial charge >= 0.3 is 0 Å². The standard InChI is InChI=1S/C14H19N3O/c1-10(2)14(3,18)9-16-13-8-15-11-6-4-5-7-12(11)17-13/h4-8,10,18H,9H2,1-3H3,(H,16,17)/t14-/m1/s1. The Labute approximate surface area is 107 Å². The first kappa shape index (κ1) is 12.8. The van der Waals surface area contributed by atoms with Crippen LogP contribution in [0.5, 0.6) is 0 Å². The largest absolute Gasteiger partial charge is 0.388 e. The highest BCUT2D eigenvalue weighted by Crippen LogP contribution is 2.17. The summed E-state index contributed by atoms with van der Waals surface area (Å²) in [5.41, 5.74) is 0.971. The molecule has 2 N–H and O–H groups in total. The molecule has 96 valence electrons. The number of fused-ring (bicyclic) bond motifs is 1. The SMILES string of the molecule is CC(C)[C@](C)(O)CNc1cnc2ccccc2n1. The topological polar surface area (TPSA) is 58.0 Å². The molecule has 0 unspecified atom stereocenters. The fourth-order valence-corrected chi connectivity index (χ4v) is 1.52. The summed E-state index contributed by atoms with van der Waals surface area (Å²) in [6.07, 6.45) is 1.69. The van der Waals surface area contributed by atoms with Gasteiger partial charge in [-0.3, -0.25) is 4.98 Å². The lowest BCUT2D eigenvalue weighted by Crippen LogP contribution is -2.38. The van der Waals surface area contributed by atoms with Gasteiger partial charge in [0.15, 0.2) is 0 Å². The van der Waals surface area contributed by atoms with Gasteiger partial charge in [0.2, 0.25) is 0 Å². The number of nitrogens with one attached hydrogen (secondary N) is 1. The first-order chi connectivity index (χ1) is 8.49. The fourth-order valence-electron chi connectivity index (χ4n) is 1.52. The third-order valence-electron chi connectivity index (χ3n) is 3.32. The van der Waals surface area contributed by atoms with Crippen LogP contribution in [0, 0.1) is 5.92 Å². The summed E-state index contributed by atoms with van der Waals surface area (Å²) in [6.45, 7) is 6.26. The van der Waals surface area contributed by atoms with E-state index >= 15 is 0 Å². The van der Waals surface area contributed by atoms with Crippen LogP contribution in [0.3, 0.4) is 0 Å². The molecular weight excluding hydrogens is 226 g/mol. The summed E-state index contributed by atoms with van der Waals surface area (Å²) in [4.78, 5) is 8.77. The van der Waals surface area contributed by atoms with Crippen molar-refractivity contribution >= 4 is 16.9 Å². The molecule has 0 aliphatic heterocycles. The van der Waals surface area contributed by atoms with Crippen molar-refractivity contribution in [2.24, 2.45) is 5.92 Å². The number of para-hydroxylation sites is 2. The van der Waals surface area contributed by atoms with E-state index in [2.05, 4.69) is 15.3 Å². The van der Waals surface area contributed by atoms with E-state index in [0.717, 1.165) is 11.0 Å². The lowest BCUT2D eigenvalue weighted by Gasteiger charge is -2.27. The number of hydrogen-bond donors (Lipinski definition) is 2. The minimum Gasteiger partial charge on any atom is -0.388 e. The van der Waals surface area contributed by atoms with Crippen LogP contribution in [-0.2, 0) is 0 Å². The van der Waals surface area contributed by atoms with Crippen molar-refractivity contribution in [1.29, 1.82) is 0 Å². The molecule has 18 heavy (non-hydrogen) atoms. The van der Waals surface area contributed by atoms with Crippen LogP contribution in [0.2, 0.25) is 0 Å². The highest BCUT2D eigenvalue weighted by Gasteiger charge is 2.24. The maximum Gasteiger partial charge on any atom is 0.145 e. The molecule has 0 amide bonds. The molecule has 4 nitrogen and oxygen atoms in total. The van der Waals surface area contributed by atoms with E-state index in [9.17, 15) is 5.11 Å². The van der Waals surface area contributed by atoms with Crippen molar-refractivity contribution in [3.05, 3.63) is 30.5 Å². The van der Waals surface area contributed by atoms with Crippen molar-refractivity contribution in [2.75, 3.05) is 11.9 Å².